The fourth-order valence-electron chi connectivity index (χ4n) is 3.55. The zero-order valence-electron chi connectivity index (χ0n) is 16.0. The molecule has 0 saturated carbocycles. The fourth-order valence-corrected chi connectivity index (χ4v) is 3.55. The van der Waals surface area contributed by atoms with Gasteiger partial charge in [-0.2, -0.15) is 0 Å². The first-order chi connectivity index (χ1) is 14.2. The van der Waals surface area contributed by atoms with Gasteiger partial charge in [0.05, 0.1) is 17.9 Å². The lowest BCUT2D eigenvalue weighted by Gasteiger charge is -2.33. The average Bonchev–Trinajstić information content (AvgIpc) is 3.23. The smallest absolute Gasteiger partial charge is 0.251 e. The van der Waals surface area contributed by atoms with E-state index in [1.54, 1.807) is 12.1 Å². The molecular formula is C23H24N2O4. The highest BCUT2D eigenvalue weighted by Gasteiger charge is 2.31. The molecule has 1 aromatic heterocycles. The lowest BCUT2D eigenvalue weighted by Crippen LogP contribution is -2.46. The van der Waals surface area contributed by atoms with E-state index in [1.807, 2.05) is 54.6 Å². The lowest BCUT2D eigenvalue weighted by atomic mass is 9.98. The van der Waals surface area contributed by atoms with Crippen molar-refractivity contribution in [3.63, 3.8) is 0 Å². The van der Waals surface area contributed by atoms with Crippen molar-refractivity contribution in [2.24, 2.45) is 0 Å². The summed E-state index contributed by atoms with van der Waals surface area (Å²) >= 11 is 0. The first-order valence-corrected chi connectivity index (χ1v) is 9.87. The van der Waals surface area contributed by atoms with Gasteiger partial charge in [-0.3, -0.25) is 4.79 Å². The molecule has 3 atom stereocenters. The number of amides is 1. The number of ether oxygens (including phenoxy) is 1. The van der Waals surface area contributed by atoms with Crippen LogP contribution in [0.15, 0.2) is 71.3 Å². The van der Waals surface area contributed by atoms with Gasteiger partial charge in [-0.05, 0) is 25.0 Å². The predicted octanol–water partition coefficient (Wildman–Crippen LogP) is 3.22. The van der Waals surface area contributed by atoms with Gasteiger partial charge in [0.2, 0.25) is 0 Å². The van der Waals surface area contributed by atoms with Crippen LogP contribution in [0.5, 0.6) is 0 Å². The van der Waals surface area contributed by atoms with E-state index >= 15 is 0 Å². The Kier molecular flexibility index (Phi) is 6.03. The second-order valence-corrected chi connectivity index (χ2v) is 7.27. The van der Waals surface area contributed by atoms with Gasteiger partial charge in [-0.1, -0.05) is 53.7 Å². The van der Waals surface area contributed by atoms with Crippen LogP contribution in [0, 0.1) is 0 Å². The molecule has 0 unspecified atom stereocenters. The van der Waals surface area contributed by atoms with Crippen LogP contribution in [0.1, 0.15) is 28.9 Å². The molecule has 1 fully saturated rings. The van der Waals surface area contributed by atoms with Gasteiger partial charge in [0, 0.05) is 30.2 Å². The largest absolute Gasteiger partial charge is 0.390 e. The Bertz CT molecular complexity index is 926. The van der Waals surface area contributed by atoms with Crippen LogP contribution in [0.4, 0.5) is 0 Å². The number of aromatic nitrogens is 1. The van der Waals surface area contributed by atoms with E-state index in [2.05, 4.69) is 10.5 Å². The first-order valence-electron chi connectivity index (χ1n) is 9.87. The number of aliphatic hydroxyl groups excluding tert-OH is 1. The minimum absolute atomic E-state index is 0.0780. The Morgan fingerprint density at radius 3 is 2.55 bits per heavy atom. The van der Waals surface area contributed by atoms with Crippen LogP contribution in [0.25, 0.3) is 11.3 Å². The van der Waals surface area contributed by atoms with Crippen molar-refractivity contribution in [1.82, 2.24) is 10.5 Å². The zero-order valence-corrected chi connectivity index (χ0v) is 16.0. The van der Waals surface area contributed by atoms with Crippen molar-refractivity contribution < 1.29 is 19.2 Å². The van der Waals surface area contributed by atoms with Gasteiger partial charge >= 0.3 is 0 Å². The molecule has 0 spiro atoms. The van der Waals surface area contributed by atoms with E-state index in [0.29, 0.717) is 18.4 Å². The number of nitrogens with zero attached hydrogens (tertiary/aromatic N) is 1. The second-order valence-electron chi connectivity index (χ2n) is 7.27. The summed E-state index contributed by atoms with van der Waals surface area (Å²) in [5, 5.41) is 17.3. The molecular weight excluding hydrogens is 368 g/mol. The molecule has 0 bridgehead atoms. The summed E-state index contributed by atoms with van der Waals surface area (Å²) in [5.41, 5.74) is 2.38. The van der Waals surface area contributed by atoms with Gasteiger partial charge in [0.1, 0.15) is 6.10 Å². The summed E-state index contributed by atoms with van der Waals surface area (Å²) in [6, 6.07) is 20.8. The summed E-state index contributed by atoms with van der Waals surface area (Å²) < 4.78 is 11.5. The molecule has 4 rings (SSSR count). The first kappa shape index (κ1) is 19.4. The highest BCUT2D eigenvalue weighted by molar-refractivity contribution is 5.94. The molecule has 2 heterocycles. The van der Waals surface area contributed by atoms with Crippen molar-refractivity contribution in [3.05, 3.63) is 78.0 Å². The van der Waals surface area contributed by atoms with Crippen LogP contribution < -0.4 is 5.32 Å². The minimum Gasteiger partial charge on any atom is -0.390 e. The van der Waals surface area contributed by atoms with Gasteiger partial charge in [0.15, 0.2) is 5.76 Å². The molecule has 0 radical (unpaired) electrons. The van der Waals surface area contributed by atoms with Gasteiger partial charge in [0.25, 0.3) is 5.91 Å². The molecule has 1 amide bonds. The Morgan fingerprint density at radius 1 is 1.07 bits per heavy atom. The zero-order chi connectivity index (χ0) is 20.1. The van der Waals surface area contributed by atoms with Gasteiger partial charge in [-0.25, -0.2) is 0 Å². The topological polar surface area (TPSA) is 84.6 Å². The molecule has 150 valence electrons. The number of rotatable bonds is 6. The Labute approximate surface area is 169 Å². The van der Waals surface area contributed by atoms with Crippen molar-refractivity contribution >= 4 is 5.91 Å². The van der Waals surface area contributed by atoms with E-state index in [4.69, 9.17) is 9.26 Å². The highest BCUT2D eigenvalue weighted by Crippen LogP contribution is 2.25. The summed E-state index contributed by atoms with van der Waals surface area (Å²) in [7, 11) is 0. The van der Waals surface area contributed by atoms with Crippen LogP contribution >= 0.6 is 0 Å². The van der Waals surface area contributed by atoms with Crippen molar-refractivity contribution in [3.8, 4) is 11.3 Å². The molecule has 1 saturated heterocycles. The number of carbonyl (C=O) groups is 1. The summed E-state index contributed by atoms with van der Waals surface area (Å²) in [6.45, 7) is 0.263. The molecule has 29 heavy (non-hydrogen) atoms. The predicted molar refractivity (Wildman–Crippen MR) is 108 cm³/mol. The second kappa shape index (κ2) is 9.03. The molecule has 2 N–H and O–H groups in total. The maximum atomic E-state index is 12.2. The molecule has 1 aliphatic heterocycles. The Balaban J connectivity index is 1.33. The molecule has 1 aliphatic rings. The maximum absolute atomic E-state index is 12.2. The van der Waals surface area contributed by atoms with E-state index < -0.39 is 12.2 Å². The monoisotopic (exact) mass is 392 g/mol. The minimum atomic E-state index is -0.598. The van der Waals surface area contributed by atoms with Gasteiger partial charge < -0.3 is 19.7 Å². The van der Waals surface area contributed by atoms with E-state index in [9.17, 15) is 9.90 Å². The summed E-state index contributed by atoms with van der Waals surface area (Å²) in [4.78, 5) is 12.2. The Hall–Kier alpha value is -2.96. The van der Waals surface area contributed by atoms with Gasteiger partial charge in [-0.15, -0.1) is 0 Å². The van der Waals surface area contributed by atoms with Crippen LogP contribution in [-0.2, 0) is 11.2 Å². The standard InChI is InChI=1S/C23H24N2O4/c26-20-12-11-19(13-18-14-21(29-25-18)16-7-3-1-4-8-16)28-22(20)15-24-23(27)17-9-5-2-6-10-17/h1-10,14,19-20,22,26H,11-13,15H2,(H,24,27)/t19-,20-,22+/m0/s1. The quantitative estimate of drug-likeness (QED) is 0.673. The third kappa shape index (κ3) is 4.91. The molecule has 6 heteroatoms. The molecule has 0 aliphatic carbocycles. The molecule has 2 aromatic carbocycles. The van der Waals surface area contributed by atoms with Crippen LogP contribution in [-0.4, -0.2) is 41.0 Å². The lowest BCUT2D eigenvalue weighted by molar-refractivity contribution is -0.114. The number of carbonyl (C=O) groups excluding carboxylic acids is 1. The third-order valence-electron chi connectivity index (χ3n) is 5.13. The summed E-state index contributed by atoms with van der Waals surface area (Å²) in [6.07, 6.45) is 0.844. The third-order valence-corrected chi connectivity index (χ3v) is 5.13. The van der Waals surface area contributed by atoms with E-state index in [0.717, 1.165) is 23.4 Å². The number of benzene rings is 2. The van der Waals surface area contributed by atoms with E-state index in [-0.39, 0.29) is 18.6 Å². The number of aliphatic hydroxyl groups is 1. The average molecular weight is 392 g/mol. The number of nitrogens with one attached hydrogen (secondary N) is 1. The summed E-state index contributed by atoms with van der Waals surface area (Å²) in [5.74, 6) is 0.552. The molecule has 6 nitrogen and oxygen atoms in total. The van der Waals surface area contributed by atoms with Crippen molar-refractivity contribution in [2.45, 2.75) is 37.6 Å². The number of hydrogen-bond acceptors (Lipinski definition) is 5. The normalized spacial score (nSPS) is 21.6. The van der Waals surface area contributed by atoms with Crippen LogP contribution in [0.2, 0.25) is 0 Å². The Morgan fingerprint density at radius 2 is 1.79 bits per heavy atom. The van der Waals surface area contributed by atoms with Crippen LogP contribution in [0.3, 0.4) is 0 Å². The maximum Gasteiger partial charge on any atom is 0.251 e. The molecule has 3 aromatic rings. The highest BCUT2D eigenvalue weighted by atomic mass is 16.5. The van der Waals surface area contributed by atoms with Crippen molar-refractivity contribution in [1.29, 1.82) is 0 Å². The number of hydrogen-bond donors (Lipinski definition) is 2. The van der Waals surface area contributed by atoms with E-state index in [1.165, 1.54) is 0 Å². The fraction of sp³-hybridized carbons (Fsp3) is 0.304. The van der Waals surface area contributed by atoms with Crippen molar-refractivity contribution in [2.75, 3.05) is 6.54 Å². The SMILES string of the molecule is O=C(NC[C@H]1O[C@H](Cc2cc(-c3ccccc3)on2)CC[C@@H]1O)c1ccccc1.